The van der Waals surface area contributed by atoms with Gasteiger partial charge in [0, 0.05) is 10.4 Å². The summed E-state index contributed by atoms with van der Waals surface area (Å²) < 4.78 is 0. The topological polar surface area (TPSA) is 20.2 Å². The van der Waals surface area contributed by atoms with Gasteiger partial charge in [-0.25, -0.2) is 0 Å². The number of aliphatic hydroxyl groups is 1. The van der Waals surface area contributed by atoms with Gasteiger partial charge in [0.1, 0.15) is 0 Å². The molecule has 0 unspecified atom stereocenters. The van der Waals surface area contributed by atoms with Gasteiger partial charge in [-0.2, -0.15) is 0 Å². The Morgan fingerprint density at radius 1 is 1.33 bits per heavy atom. The van der Waals surface area contributed by atoms with Crippen LogP contribution in [0.5, 0.6) is 0 Å². The number of fused-ring (bicyclic) bond motifs is 1. The summed E-state index contributed by atoms with van der Waals surface area (Å²) in [6.45, 7) is 4.30. The Kier molecular flexibility index (Phi) is 2.78. The summed E-state index contributed by atoms with van der Waals surface area (Å²) in [6, 6.07) is 4.09. The second kappa shape index (κ2) is 3.80. The van der Waals surface area contributed by atoms with Gasteiger partial charge in [-0.1, -0.05) is 25.4 Å². The highest BCUT2D eigenvalue weighted by atomic mass is 35.5. The summed E-state index contributed by atoms with van der Waals surface area (Å²) in [5.41, 5.74) is 3.83. The maximum Gasteiger partial charge on any atom is 0.0522 e. The van der Waals surface area contributed by atoms with Crippen LogP contribution in [0, 0.1) is 0 Å². The zero-order chi connectivity index (χ0) is 11.1. The van der Waals surface area contributed by atoms with Crippen molar-refractivity contribution >= 4 is 11.6 Å². The van der Waals surface area contributed by atoms with E-state index in [1.807, 2.05) is 6.07 Å². The standard InChI is InChI=1S/C13H17ClO/c1-13(2,8-15)12-7-10(14)6-9-4-3-5-11(9)12/h6-7,15H,3-5,8H2,1-2H3. The molecule has 1 aliphatic rings. The van der Waals surface area contributed by atoms with Crippen LogP contribution in [-0.2, 0) is 18.3 Å². The Labute approximate surface area is 96.1 Å². The van der Waals surface area contributed by atoms with Gasteiger partial charge >= 0.3 is 0 Å². The molecule has 0 heterocycles. The minimum atomic E-state index is -0.181. The number of hydrogen-bond acceptors (Lipinski definition) is 1. The molecule has 0 saturated carbocycles. The quantitative estimate of drug-likeness (QED) is 0.819. The van der Waals surface area contributed by atoms with Crippen molar-refractivity contribution in [1.82, 2.24) is 0 Å². The predicted octanol–water partition coefficient (Wildman–Crippen LogP) is 3.10. The van der Waals surface area contributed by atoms with Gasteiger partial charge < -0.3 is 5.11 Å². The maximum absolute atomic E-state index is 9.43. The molecule has 0 saturated heterocycles. The van der Waals surface area contributed by atoms with E-state index in [0.29, 0.717) is 0 Å². The average Bonchev–Trinajstić information content (AvgIpc) is 2.63. The van der Waals surface area contributed by atoms with Crippen LogP contribution in [0.15, 0.2) is 12.1 Å². The molecule has 0 spiro atoms. The first-order valence-corrected chi connectivity index (χ1v) is 5.85. The second-order valence-electron chi connectivity index (χ2n) is 4.99. The molecular weight excluding hydrogens is 208 g/mol. The molecule has 0 bridgehead atoms. The van der Waals surface area contributed by atoms with E-state index in [1.54, 1.807) is 0 Å². The van der Waals surface area contributed by atoms with Crippen LogP contribution in [0.25, 0.3) is 0 Å². The maximum atomic E-state index is 9.43. The molecule has 15 heavy (non-hydrogen) atoms. The summed E-state index contributed by atoms with van der Waals surface area (Å²) in [5.74, 6) is 0. The molecule has 2 heteroatoms. The Hall–Kier alpha value is -0.530. The van der Waals surface area contributed by atoms with E-state index in [4.69, 9.17) is 11.6 Å². The van der Waals surface area contributed by atoms with Crippen molar-refractivity contribution in [2.45, 2.75) is 38.5 Å². The van der Waals surface area contributed by atoms with E-state index >= 15 is 0 Å². The first-order valence-electron chi connectivity index (χ1n) is 5.47. The van der Waals surface area contributed by atoms with Gasteiger partial charge in [0.2, 0.25) is 0 Å². The third-order valence-corrected chi connectivity index (χ3v) is 3.52. The Bertz CT molecular complexity index is 382. The highest BCUT2D eigenvalue weighted by Gasteiger charge is 2.26. The minimum Gasteiger partial charge on any atom is -0.395 e. The number of hydrogen-bond donors (Lipinski definition) is 1. The van der Waals surface area contributed by atoms with E-state index in [0.717, 1.165) is 17.9 Å². The zero-order valence-electron chi connectivity index (χ0n) is 9.31. The molecule has 0 fully saturated rings. The van der Waals surface area contributed by atoms with Gasteiger partial charge in [-0.05, 0) is 48.1 Å². The molecule has 0 aliphatic heterocycles. The van der Waals surface area contributed by atoms with Crippen LogP contribution in [-0.4, -0.2) is 11.7 Å². The second-order valence-corrected chi connectivity index (χ2v) is 5.42. The Balaban J connectivity index is 2.56. The lowest BCUT2D eigenvalue weighted by molar-refractivity contribution is 0.218. The molecule has 1 nitrogen and oxygen atoms in total. The summed E-state index contributed by atoms with van der Waals surface area (Å²) in [5, 5.41) is 10.2. The molecule has 0 radical (unpaired) electrons. The van der Waals surface area contributed by atoms with Crippen molar-refractivity contribution < 1.29 is 5.11 Å². The number of halogens is 1. The predicted molar refractivity (Wildman–Crippen MR) is 63.6 cm³/mol. The van der Waals surface area contributed by atoms with E-state index in [2.05, 4.69) is 19.9 Å². The number of aryl methyl sites for hydroxylation is 1. The normalized spacial score (nSPS) is 15.5. The summed E-state index contributed by atoms with van der Waals surface area (Å²) in [4.78, 5) is 0. The summed E-state index contributed by atoms with van der Waals surface area (Å²) in [7, 11) is 0. The third-order valence-electron chi connectivity index (χ3n) is 3.30. The molecular formula is C13H17ClO. The Morgan fingerprint density at radius 3 is 2.73 bits per heavy atom. The fourth-order valence-electron chi connectivity index (χ4n) is 2.36. The van der Waals surface area contributed by atoms with Crippen molar-refractivity contribution in [3.05, 3.63) is 33.8 Å². The molecule has 1 aliphatic carbocycles. The SMILES string of the molecule is CC(C)(CO)c1cc(Cl)cc2c1CCC2. The molecule has 82 valence electrons. The first-order chi connectivity index (χ1) is 7.04. The van der Waals surface area contributed by atoms with Gasteiger partial charge in [-0.15, -0.1) is 0 Å². The van der Waals surface area contributed by atoms with Gasteiger partial charge in [-0.3, -0.25) is 0 Å². The lowest BCUT2D eigenvalue weighted by atomic mass is 9.81. The van der Waals surface area contributed by atoms with Gasteiger partial charge in [0.25, 0.3) is 0 Å². The van der Waals surface area contributed by atoms with Crippen LogP contribution < -0.4 is 0 Å². The fourth-order valence-corrected chi connectivity index (χ4v) is 2.60. The smallest absolute Gasteiger partial charge is 0.0522 e. The van der Waals surface area contributed by atoms with E-state index < -0.39 is 0 Å². The third kappa shape index (κ3) is 1.91. The minimum absolute atomic E-state index is 0.166. The molecule has 0 amide bonds. The van der Waals surface area contributed by atoms with Crippen molar-refractivity contribution in [1.29, 1.82) is 0 Å². The van der Waals surface area contributed by atoms with Crippen LogP contribution in [0.4, 0.5) is 0 Å². The number of benzene rings is 1. The summed E-state index contributed by atoms with van der Waals surface area (Å²) >= 11 is 6.11. The Morgan fingerprint density at radius 2 is 2.07 bits per heavy atom. The molecule has 0 atom stereocenters. The molecule has 2 rings (SSSR count). The van der Waals surface area contributed by atoms with Crippen molar-refractivity contribution in [3.8, 4) is 0 Å². The molecule has 1 N–H and O–H groups in total. The van der Waals surface area contributed by atoms with E-state index in [9.17, 15) is 5.11 Å². The largest absolute Gasteiger partial charge is 0.395 e. The average molecular weight is 225 g/mol. The first kappa shape index (κ1) is 11.0. The molecule has 0 aromatic heterocycles. The highest BCUT2D eigenvalue weighted by Crippen LogP contribution is 2.35. The van der Waals surface area contributed by atoms with Gasteiger partial charge in [0.15, 0.2) is 0 Å². The van der Waals surface area contributed by atoms with Crippen LogP contribution in [0.3, 0.4) is 0 Å². The van der Waals surface area contributed by atoms with Gasteiger partial charge in [0.05, 0.1) is 6.61 Å². The van der Waals surface area contributed by atoms with Crippen molar-refractivity contribution in [2.24, 2.45) is 0 Å². The van der Waals surface area contributed by atoms with E-state index in [1.165, 1.54) is 23.1 Å². The van der Waals surface area contributed by atoms with Crippen molar-refractivity contribution in [2.75, 3.05) is 6.61 Å². The van der Waals surface area contributed by atoms with E-state index in [-0.39, 0.29) is 12.0 Å². The van der Waals surface area contributed by atoms with Crippen LogP contribution in [0.2, 0.25) is 5.02 Å². The fraction of sp³-hybridized carbons (Fsp3) is 0.538. The monoisotopic (exact) mass is 224 g/mol. The van der Waals surface area contributed by atoms with Crippen molar-refractivity contribution in [3.63, 3.8) is 0 Å². The van der Waals surface area contributed by atoms with Crippen LogP contribution in [0.1, 0.15) is 37.0 Å². The lowest BCUT2D eigenvalue weighted by Crippen LogP contribution is -2.23. The number of rotatable bonds is 2. The highest BCUT2D eigenvalue weighted by molar-refractivity contribution is 6.30. The molecule has 1 aromatic carbocycles. The molecule has 1 aromatic rings. The number of aliphatic hydroxyl groups excluding tert-OH is 1. The zero-order valence-corrected chi connectivity index (χ0v) is 10.1. The lowest BCUT2D eigenvalue weighted by Gasteiger charge is -2.25. The van der Waals surface area contributed by atoms with Crippen LogP contribution >= 0.6 is 11.6 Å². The summed E-state index contributed by atoms with van der Waals surface area (Å²) in [6.07, 6.45) is 3.47.